The third-order valence-electron chi connectivity index (χ3n) is 4.05. The first-order chi connectivity index (χ1) is 8.15. The zero-order chi connectivity index (χ0) is 12.3. The fourth-order valence-corrected chi connectivity index (χ4v) is 3.03. The summed E-state index contributed by atoms with van der Waals surface area (Å²) in [6, 6.07) is 1.37. The fourth-order valence-electron chi connectivity index (χ4n) is 3.03. The largest absolute Gasteiger partial charge is 0.381 e. The van der Waals surface area contributed by atoms with Gasteiger partial charge in [-0.25, -0.2) is 0 Å². The van der Waals surface area contributed by atoms with Gasteiger partial charge in [0.15, 0.2) is 0 Å². The quantitative estimate of drug-likeness (QED) is 0.810. The minimum Gasteiger partial charge on any atom is -0.381 e. The number of nitrogens with zero attached hydrogens (tertiary/aromatic N) is 1. The van der Waals surface area contributed by atoms with Crippen LogP contribution in [0.2, 0.25) is 0 Å². The van der Waals surface area contributed by atoms with Crippen LogP contribution in [0, 0.1) is 11.8 Å². The molecule has 2 heterocycles. The predicted molar refractivity (Wildman–Crippen MR) is 71.2 cm³/mol. The van der Waals surface area contributed by atoms with Crippen LogP contribution in [0.1, 0.15) is 33.6 Å². The second kappa shape index (κ2) is 6.17. The van der Waals surface area contributed by atoms with Crippen LogP contribution in [0.25, 0.3) is 0 Å². The van der Waals surface area contributed by atoms with Crippen LogP contribution in [-0.4, -0.2) is 49.8 Å². The van der Waals surface area contributed by atoms with E-state index in [0.717, 1.165) is 31.6 Å². The zero-order valence-corrected chi connectivity index (χ0v) is 11.6. The molecule has 2 fully saturated rings. The summed E-state index contributed by atoms with van der Waals surface area (Å²) in [4.78, 5) is 2.67. The molecule has 0 aromatic rings. The van der Waals surface area contributed by atoms with Crippen molar-refractivity contribution in [2.24, 2.45) is 11.8 Å². The van der Waals surface area contributed by atoms with Crippen LogP contribution in [0.4, 0.5) is 0 Å². The predicted octanol–water partition coefficient (Wildman–Crippen LogP) is 1.73. The summed E-state index contributed by atoms with van der Waals surface area (Å²) in [6.45, 7) is 12.5. The van der Waals surface area contributed by atoms with Gasteiger partial charge in [0.25, 0.3) is 0 Å². The fraction of sp³-hybridized carbons (Fsp3) is 1.00. The van der Waals surface area contributed by atoms with Crippen molar-refractivity contribution in [3.8, 4) is 0 Å². The smallest absolute Gasteiger partial charge is 0.0507 e. The number of hydrogen-bond donors (Lipinski definition) is 1. The minimum atomic E-state index is 0.680. The number of rotatable bonds is 4. The van der Waals surface area contributed by atoms with Crippen molar-refractivity contribution in [1.82, 2.24) is 10.2 Å². The average Bonchev–Trinajstić information content (AvgIpc) is 2.75. The molecule has 0 aliphatic carbocycles. The van der Waals surface area contributed by atoms with Crippen LogP contribution in [-0.2, 0) is 4.74 Å². The second-order valence-electron chi connectivity index (χ2n) is 6.27. The molecule has 0 amide bonds. The van der Waals surface area contributed by atoms with Gasteiger partial charge in [0.05, 0.1) is 6.61 Å². The highest BCUT2D eigenvalue weighted by molar-refractivity contribution is 4.86. The van der Waals surface area contributed by atoms with E-state index in [2.05, 4.69) is 31.0 Å². The highest BCUT2D eigenvalue weighted by atomic mass is 16.5. The van der Waals surface area contributed by atoms with Crippen LogP contribution in [0.15, 0.2) is 0 Å². The lowest BCUT2D eigenvalue weighted by molar-refractivity contribution is 0.104. The Kier molecular flexibility index (Phi) is 4.83. The average molecular weight is 240 g/mol. The first kappa shape index (κ1) is 13.3. The van der Waals surface area contributed by atoms with E-state index < -0.39 is 0 Å². The summed E-state index contributed by atoms with van der Waals surface area (Å²) in [5.74, 6) is 1.56. The van der Waals surface area contributed by atoms with Crippen molar-refractivity contribution < 1.29 is 4.74 Å². The normalized spacial score (nSPS) is 35.6. The standard InChI is InChI=1S/C14H28N2O/c1-11(2)6-14-9-16(12(3)7-15-14)8-13-4-5-17-10-13/h11-15H,4-10H2,1-3H3. The Morgan fingerprint density at radius 3 is 2.88 bits per heavy atom. The Hall–Kier alpha value is -0.120. The molecule has 0 aromatic heterocycles. The molecule has 0 saturated carbocycles. The molecule has 3 nitrogen and oxygen atoms in total. The molecule has 2 saturated heterocycles. The van der Waals surface area contributed by atoms with E-state index in [1.807, 2.05) is 0 Å². The lowest BCUT2D eigenvalue weighted by atomic mass is 9.98. The molecule has 3 heteroatoms. The van der Waals surface area contributed by atoms with Gasteiger partial charge in [-0.2, -0.15) is 0 Å². The summed E-state index contributed by atoms with van der Waals surface area (Å²) < 4.78 is 5.48. The van der Waals surface area contributed by atoms with Crippen LogP contribution < -0.4 is 5.32 Å². The summed E-state index contributed by atoms with van der Waals surface area (Å²) >= 11 is 0. The maximum atomic E-state index is 5.48. The van der Waals surface area contributed by atoms with Gasteiger partial charge in [0.1, 0.15) is 0 Å². The van der Waals surface area contributed by atoms with Crippen molar-refractivity contribution in [2.45, 2.75) is 45.7 Å². The molecule has 0 spiro atoms. The number of hydrogen-bond acceptors (Lipinski definition) is 3. The molecule has 2 rings (SSSR count). The summed E-state index contributed by atoms with van der Waals surface area (Å²) in [5, 5.41) is 3.68. The van der Waals surface area contributed by atoms with Gasteiger partial charge in [-0.1, -0.05) is 13.8 Å². The topological polar surface area (TPSA) is 24.5 Å². The zero-order valence-electron chi connectivity index (χ0n) is 11.6. The number of piperazine rings is 1. The Bertz CT molecular complexity index is 226. The van der Waals surface area contributed by atoms with Crippen LogP contribution >= 0.6 is 0 Å². The van der Waals surface area contributed by atoms with E-state index in [1.165, 1.54) is 25.9 Å². The van der Waals surface area contributed by atoms with Gasteiger partial charge >= 0.3 is 0 Å². The molecule has 2 aliphatic heterocycles. The van der Waals surface area contributed by atoms with E-state index in [0.29, 0.717) is 12.1 Å². The Morgan fingerprint density at radius 1 is 1.41 bits per heavy atom. The van der Waals surface area contributed by atoms with Gasteiger partial charge in [-0.3, -0.25) is 4.90 Å². The first-order valence-electron chi connectivity index (χ1n) is 7.20. The van der Waals surface area contributed by atoms with Gasteiger partial charge in [-0.15, -0.1) is 0 Å². The number of ether oxygens (including phenoxy) is 1. The Balaban J connectivity index is 1.81. The van der Waals surface area contributed by atoms with Gasteiger partial charge in [-0.05, 0) is 31.6 Å². The molecule has 1 N–H and O–H groups in total. The van der Waals surface area contributed by atoms with E-state index in [9.17, 15) is 0 Å². The monoisotopic (exact) mass is 240 g/mol. The molecule has 3 atom stereocenters. The van der Waals surface area contributed by atoms with Crippen LogP contribution in [0.3, 0.4) is 0 Å². The van der Waals surface area contributed by atoms with Crippen molar-refractivity contribution in [3.63, 3.8) is 0 Å². The molecular weight excluding hydrogens is 212 g/mol. The Labute approximate surface area is 106 Å². The van der Waals surface area contributed by atoms with Crippen molar-refractivity contribution >= 4 is 0 Å². The molecule has 0 aromatic carbocycles. The maximum absolute atomic E-state index is 5.48. The summed E-state index contributed by atoms with van der Waals surface area (Å²) in [6.07, 6.45) is 2.55. The molecule has 100 valence electrons. The molecule has 2 aliphatic rings. The highest BCUT2D eigenvalue weighted by Crippen LogP contribution is 2.19. The summed E-state index contributed by atoms with van der Waals surface area (Å²) in [5.41, 5.74) is 0. The Morgan fingerprint density at radius 2 is 2.24 bits per heavy atom. The minimum absolute atomic E-state index is 0.680. The van der Waals surface area contributed by atoms with E-state index in [1.54, 1.807) is 0 Å². The third kappa shape index (κ3) is 3.94. The molecule has 0 bridgehead atoms. The van der Waals surface area contributed by atoms with Crippen molar-refractivity contribution in [3.05, 3.63) is 0 Å². The highest BCUT2D eigenvalue weighted by Gasteiger charge is 2.28. The third-order valence-corrected chi connectivity index (χ3v) is 4.05. The second-order valence-corrected chi connectivity index (χ2v) is 6.27. The van der Waals surface area contributed by atoms with Gasteiger partial charge in [0, 0.05) is 38.3 Å². The van der Waals surface area contributed by atoms with E-state index in [4.69, 9.17) is 4.74 Å². The molecule has 3 unspecified atom stereocenters. The molecule has 17 heavy (non-hydrogen) atoms. The molecule has 0 radical (unpaired) electrons. The summed E-state index contributed by atoms with van der Waals surface area (Å²) in [7, 11) is 0. The van der Waals surface area contributed by atoms with Gasteiger partial charge < -0.3 is 10.1 Å². The lowest BCUT2D eigenvalue weighted by Gasteiger charge is -2.40. The van der Waals surface area contributed by atoms with Crippen molar-refractivity contribution in [2.75, 3.05) is 32.8 Å². The lowest BCUT2D eigenvalue weighted by Crippen LogP contribution is -2.56. The number of nitrogens with one attached hydrogen (secondary N) is 1. The first-order valence-corrected chi connectivity index (χ1v) is 7.20. The van der Waals surface area contributed by atoms with Crippen molar-refractivity contribution in [1.29, 1.82) is 0 Å². The van der Waals surface area contributed by atoms with E-state index >= 15 is 0 Å². The van der Waals surface area contributed by atoms with Crippen LogP contribution in [0.5, 0.6) is 0 Å². The van der Waals surface area contributed by atoms with Gasteiger partial charge in [0.2, 0.25) is 0 Å². The van der Waals surface area contributed by atoms with E-state index in [-0.39, 0.29) is 0 Å². The maximum Gasteiger partial charge on any atom is 0.0507 e. The SMILES string of the molecule is CC(C)CC1CN(CC2CCOC2)C(C)CN1. The molecular formula is C14H28N2O.